The molecule has 0 spiro atoms. The van der Waals surface area contributed by atoms with Gasteiger partial charge in [0.15, 0.2) is 11.5 Å². The minimum absolute atomic E-state index is 0.317. The molecule has 0 bridgehead atoms. The lowest BCUT2D eigenvalue weighted by molar-refractivity contribution is 0.280. The molecule has 128 valence electrons. The molecule has 24 heavy (non-hydrogen) atoms. The van der Waals surface area contributed by atoms with Crippen LogP contribution in [0.2, 0.25) is 10.0 Å². The molecule has 0 saturated heterocycles. The van der Waals surface area contributed by atoms with Gasteiger partial charge in [0.05, 0.1) is 7.11 Å². The smallest absolute Gasteiger partial charge is 0.167 e. The van der Waals surface area contributed by atoms with Gasteiger partial charge < -0.3 is 14.8 Å². The first-order valence-corrected chi connectivity index (χ1v) is 8.85. The van der Waals surface area contributed by atoms with Crippen molar-refractivity contribution in [2.45, 2.75) is 13.2 Å². The highest BCUT2D eigenvalue weighted by molar-refractivity contribution is 9.10. The molecule has 0 aromatic heterocycles. The molecule has 0 unspecified atom stereocenters. The Labute approximate surface area is 160 Å². The quantitative estimate of drug-likeness (QED) is 0.435. The van der Waals surface area contributed by atoms with Crippen molar-refractivity contribution in [2.24, 2.45) is 0 Å². The van der Waals surface area contributed by atoms with Crippen LogP contribution in [0.25, 0.3) is 0 Å². The van der Waals surface area contributed by atoms with Crippen LogP contribution in [-0.2, 0) is 13.2 Å². The third-order valence-corrected chi connectivity index (χ3v) is 4.69. The number of halogens is 3. The van der Waals surface area contributed by atoms with Crippen molar-refractivity contribution in [3.8, 4) is 11.5 Å². The number of ether oxygens (including phenoxy) is 2. The molecule has 0 aliphatic rings. The van der Waals surface area contributed by atoms with Crippen LogP contribution in [0.15, 0.2) is 47.5 Å². The second-order valence-corrected chi connectivity index (χ2v) is 6.70. The van der Waals surface area contributed by atoms with Gasteiger partial charge in [-0.05, 0) is 24.3 Å². The van der Waals surface area contributed by atoms with Gasteiger partial charge in [-0.15, -0.1) is 6.58 Å². The maximum Gasteiger partial charge on any atom is 0.167 e. The average Bonchev–Trinajstić information content (AvgIpc) is 2.56. The van der Waals surface area contributed by atoms with Gasteiger partial charge in [-0.1, -0.05) is 51.3 Å². The molecule has 0 atom stereocenters. The minimum atomic E-state index is 0.317. The van der Waals surface area contributed by atoms with Crippen LogP contribution in [0.3, 0.4) is 0 Å². The molecule has 6 heteroatoms. The molecule has 1 N–H and O–H groups in total. The van der Waals surface area contributed by atoms with E-state index in [1.165, 1.54) is 0 Å². The van der Waals surface area contributed by atoms with Crippen molar-refractivity contribution < 1.29 is 9.47 Å². The van der Waals surface area contributed by atoms with E-state index in [0.29, 0.717) is 41.2 Å². The second-order valence-electron chi connectivity index (χ2n) is 5.00. The fourth-order valence-corrected chi connectivity index (χ4v) is 3.07. The van der Waals surface area contributed by atoms with Crippen LogP contribution in [0.5, 0.6) is 11.5 Å². The Hall–Kier alpha value is -1.20. The number of methoxy groups -OCH3 is 1. The highest BCUT2D eigenvalue weighted by Gasteiger charge is 2.15. The summed E-state index contributed by atoms with van der Waals surface area (Å²) < 4.78 is 12.4. The average molecular weight is 431 g/mol. The van der Waals surface area contributed by atoms with Gasteiger partial charge in [0.1, 0.15) is 6.61 Å². The molecule has 0 aliphatic heterocycles. The Morgan fingerprint density at radius 2 is 2.04 bits per heavy atom. The van der Waals surface area contributed by atoms with Crippen molar-refractivity contribution in [3.05, 3.63) is 68.6 Å². The summed E-state index contributed by atoms with van der Waals surface area (Å²) in [6, 6.07) is 9.14. The van der Waals surface area contributed by atoms with Crippen molar-refractivity contribution in [2.75, 3.05) is 13.7 Å². The van der Waals surface area contributed by atoms with Crippen LogP contribution < -0.4 is 14.8 Å². The standard InChI is InChI=1S/C18H18BrCl2NO2/c1-3-8-22-10-14-15(19)6-7-17(23-2)18(14)24-11-12-4-5-13(20)9-16(12)21/h3-7,9,22H,1,8,10-11H2,2H3. The summed E-state index contributed by atoms with van der Waals surface area (Å²) in [5.74, 6) is 1.34. The van der Waals surface area contributed by atoms with E-state index in [0.717, 1.165) is 15.6 Å². The molecule has 2 aromatic rings. The van der Waals surface area contributed by atoms with Crippen molar-refractivity contribution >= 4 is 39.1 Å². The molecular formula is C18H18BrCl2NO2. The van der Waals surface area contributed by atoms with Crippen molar-refractivity contribution in [1.82, 2.24) is 5.32 Å². The summed E-state index contributed by atoms with van der Waals surface area (Å²) in [4.78, 5) is 0. The normalized spacial score (nSPS) is 10.5. The molecular weight excluding hydrogens is 413 g/mol. The lowest BCUT2D eigenvalue weighted by atomic mass is 10.1. The Morgan fingerprint density at radius 1 is 1.25 bits per heavy atom. The monoisotopic (exact) mass is 429 g/mol. The zero-order valence-corrected chi connectivity index (χ0v) is 16.3. The van der Waals surface area contributed by atoms with E-state index in [4.69, 9.17) is 32.7 Å². The first-order valence-electron chi connectivity index (χ1n) is 7.30. The number of nitrogens with one attached hydrogen (secondary N) is 1. The molecule has 2 aromatic carbocycles. The van der Waals surface area contributed by atoms with Crippen LogP contribution in [0, 0.1) is 0 Å². The number of benzene rings is 2. The molecule has 0 amide bonds. The van der Waals surface area contributed by atoms with E-state index in [1.54, 1.807) is 19.2 Å². The summed E-state index contributed by atoms with van der Waals surface area (Å²) in [5.41, 5.74) is 1.83. The SMILES string of the molecule is C=CCNCc1c(Br)ccc(OC)c1OCc1ccc(Cl)cc1Cl. The summed E-state index contributed by atoms with van der Waals surface area (Å²) >= 11 is 15.7. The van der Waals surface area contributed by atoms with Gasteiger partial charge in [0.2, 0.25) is 0 Å². The van der Waals surface area contributed by atoms with Crippen molar-refractivity contribution in [1.29, 1.82) is 0 Å². The fourth-order valence-electron chi connectivity index (χ4n) is 2.15. The third-order valence-electron chi connectivity index (χ3n) is 3.36. The van der Waals surface area contributed by atoms with E-state index in [9.17, 15) is 0 Å². The van der Waals surface area contributed by atoms with E-state index < -0.39 is 0 Å². The first-order chi connectivity index (χ1) is 11.6. The first kappa shape index (κ1) is 19.1. The topological polar surface area (TPSA) is 30.5 Å². The summed E-state index contributed by atoms with van der Waals surface area (Å²) in [6.07, 6.45) is 1.81. The fraction of sp³-hybridized carbons (Fsp3) is 0.222. The molecule has 0 heterocycles. The summed E-state index contributed by atoms with van der Waals surface area (Å²) in [5, 5.41) is 4.44. The highest BCUT2D eigenvalue weighted by atomic mass is 79.9. The minimum Gasteiger partial charge on any atom is -0.493 e. The summed E-state index contributed by atoms with van der Waals surface area (Å²) in [7, 11) is 1.62. The van der Waals surface area contributed by atoms with Crippen LogP contribution >= 0.6 is 39.1 Å². The van der Waals surface area contributed by atoms with Crippen LogP contribution in [0.1, 0.15) is 11.1 Å². The predicted octanol–water partition coefficient (Wildman–Crippen LogP) is 5.62. The Kier molecular flexibility index (Phi) is 7.43. The van der Waals surface area contributed by atoms with Crippen molar-refractivity contribution in [3.63, 3.8) is 0 Å². The Bertz CT molecular complexity index is 722. The maximum absolute atomic E-state index is 6.21. The van der Waals surface area contributed by atoms with Gasteiger partial charge >= 0.3 is 0 Å². The van der Waals surface area contributed by atoms with Gasteiger partial charge in [0.25, 0.3) is 0 Å². The molecule has 0 saturated carbocycles. The molecule has 0 aliphatic carbocycles. The number of hydrogen-bond donors (Lipinski definition) is 1. The number of rotatable bonds is 8. The number of hydrogen-bond acceptors (Lipinski definition) is 3. The predicted molar refractivity (Wildman–Crippen MR) is 103 cm³/mol. The Balaban J connectivity index is 2.26. The Morgan fingerprint density at radius 3 is 2.71 bits per heavy atom. The lowest BCUT2D eigenvalue weighted by Gasteiger charge is -2.17. The molecule has 0 radical (unpaired) electrons. The van der Waals surface area contributed by atoms with Gasteiger partial charge in [-0.25, -0.2) is 0 Å². The zero-order valence-electron chi connectivity index (χ0n) is 13.2. The van der Waals surface area contributed by atoms with E-state index >= 15 is 0 Å². The third kappa shape index (κ3) is 4.90. The molecule has 0 fully saturated rings. The molecule has 2 rings (SSSR count). The van der Waals surface area contributed by atoms with Gasteiger partial charge in [0, 0.05) is 38.7 Å². The maximum atomic E-state index is 6.21. The lowest BCUT2D eigenvalue weighted by Crippen LogP contribution is -2.14. The summed E-state index contributed by atoms with van der Waals surface area (Å²) in [6.45, 7) is 5.34. The van der Waals surface area contributed by atoms with Gasteiger partial charge in [-0.2, -0.15) is 0 Å². The van der Waals surface area contributed by atoms with Crippen LogP contribution in [-0.4, -0.2) is 13.7 Å². The van der Waals surface area contributed by atoms with E-state index in [1.807, 2.05) is 24.3 Å². The van der Waals surface area contributed by atoms with Gasteiger partial charge in [-0.3, -0.25) is 0 Å². The highest BCUT2D eigenvalue weighted by Crippen LogP contribution is 2.37. The van der Waals surface area contributed by atoms with E-state index in [-0.39, 0.29) is 0 Å². The molecule has 3 nitrogen and oxygen atoms in total. The van der Waals surface area contributed by atoms with Crippen LogP contribution in [0.4, 0.5) is 0 Å². The largest absolute Gasteiger partial charge is 0.493 e. The zero-order chi connectivity index (χ0) is 17.5. The second kappa shape index (κ2) is 9.33. The van der Waals surface area contributed by atoms with E-state index in [2.05, 4.69) is 27.8 Å².